The maximum absolute atomic E-state index is 4.84. The standard InChI is InChI=1S/C17H31N3/c1-12(2)18-11-13(3)10-17-14(4)19-20(15(17)5)16-8-6-7-9-16/h12-13,16,18H,6-11H2,1-5H3. The molecule has 2 rings (SSSR count). The van der Waals surface area contributed by atoms with Crippen LogP contribution < -0.4 is 5.32 Å². The highest BCUT2D eigenvalue weighted by atomic mass is 15.3. The molecule has 1 N–H and O–H groups in total. The van der Waals surface area contributed by atoms with Crippen LogP contribution in [-0.2, 0) is 6.42 Å². The number of hydrogen-bond donors (Lipinski definition) is 1. The lowest BCUT2D eigenvalue weighted by Gasteiger charge is -2.16. The van der Waals surface area contributed by atoms with Crippen LogP contribution in [0.25, 0.3) is 0 Å². The van der Waals surface area contributed by atoms with E-state index < -0.39 is 0 Å². The normalized spacial score (nSPS) is 18.1. The zero-order valence-corrected chi connectivity index (χ0v) is 13.9. The van der Waals surface area contributed by atoms with Crippen molar-refractivity contribution in [2.45, 2.75) is 78.8 Å². The molecule has 114 valence electrons. The van der Waals surface area contributed by atoms with Crippen LogP contribution in [-0.4, -0.2) is 22.4 Å². The van der Waals surface area contributed by atoms with Crippen LogP contribution in [0.5, 0.6) is 0 Å². The van der Waals surface area contributed by atoms with Crippen molar-refractivity contribution >= 4 is 0 Å². The minimum Gasteiger partial charge on any atom is -0.314 e. The molecule has 20 heavy (non-hydrogen) atoms. The summed E-state index contributed by atoms with van der Waals surface area (Å²) in [5.41, 5.74) is 4.13. The monoisotopic (exact) mass is 277 g/mol. The van der Waals surface area contributed by atoms with Crippen LogP contribution in [0, 0.1) is 19.8 Å². The molecule has 0 saturated heterocycles. The Kier molecular flexibility index (Phi) is 5.25. The number of nitrogens with one attached hydrogen (secondary N) is 1. The van der Waals surface area contributed by atoms with Crippen LogP contribution in [0.4, 0.5) is 0 Å². The topological polar surface area (TPSA) is 29.9 Å². The van der Waals surface area contributed by atoms with Gasteiger partial charge in [-0.1, -0.05) is 33.6 Å². The molecule has 0 radical (unpaired) electrons. The van der Waals surface area contributed by atoms with Crippen molar-refractivity contribution in [1.82, 2.24) is 15.1 Å². The summed E-state index contributed by atoms with van der Waals surface area (Å²) < 4.78 is 2.32. The molecule has 0 aliphatic heterocycles. The SMILES string of the molecule is Cc1nn(C2CCCC2)c(C)c1CC(C)CNC(C)C. The van der Waals surface area contributed by atoms with Gasteiger partial charge in [-0.05, 0) is 51.1 Å². The third-order valence-electron chi connectivity index (χ3n) is 4.57. The van der Waals surface area contributed by atoms with Gasteiger partial charge in [0.15, 0.2) is 0 Å². The lowest BCUT2D eigenvalue weighted by molar-refractivity contribution is 0.451. The molecule has 1 aromatic heterocycles. The number of aromatic nitrogens is 2. The fourth-order valence-electron chi connectivity index (χ4n) is 3.35. The van der Waals surface area contributed by atoms with Crippen molar-refractivity contribution in [3.05, 3.63) is 17.0 Å². The molecule has 1 heterocycles. The van der Waals surface area contributed by atoms with E-state index in [2.05, 4.69) is 44.6 Å². The van der Waals surface area contributed by atoms with E-state index in [0.717, 1.165) is 13.0 Å². The molecule has 0 amide bonds. The van der Waals surface area contributed by atoms with Crippen molar-refractivity contribution in [2.24, 2.45) is 5.92 Å². The molecule has 1 saturated carbocycles. The quantitative estimate of drug-likeness (QED) is 0.857. The Bertz CT molecular complexity index is 428. The van der Waals surface area contributed by atoms with Gasteiger partial charge in [-0.3, -0.25) is 4.68 Å². The Hall–Kier alpha value is -0.830. The predicted octanol–water partition coefficient (Wildman–Crippen LogP) is 3.79. The second-order valence-corrected chi connectivity index (χ2v) is 6.90. The van der Waals surface area contributed by atoms with Gasteiger partial charge in [0.2, 0.25) is 0 Å². The molecule has 3 nitrogen and oxygen atoms in total. The van der Waals surface area contributed by atoms with Gasteiger partial charge in [0.25, 0.3) is 0 Å². The first-order valence-electron chi connectivity index (χ1n) is 8.27. The van der Waals surface area contributed by atoms with Crippen molar-refractivity contribution in [1.29, 1.82) is 0 Å². The van der Waals surface area contributed by atoms with Gasteiger partial charge in [0, 0.05) is 11.7 Å². The molecule has 0 spiro atoms. The van der Waals surface area contributed by atoms with Gasteiger partial charge in [-0.15, -0.1) is 0 Å². The van der Waals surface area contributed by atoms with E-state index in [1.165, 1.54) is 42.6 Å². The molecular weight excluding hydrogens is 246 g/mol. The first-order chi connectivity index (χ1) is 9.49. The zero-order valence-electron chi connectivity index (χ0n) is 13.9. The van der Waals surface area contributed by atoms with E-state index in [-0.39, 0.29) is 0 Å². The summed E-state index contributed by atoms with van der Waals surface area (Å²) in [5.74, 6) is 0.663. The highest BCUT2D eigenvalue weighted by molar-refractivity contribution is 5.25. The van der Waals surface area contributed by atoms with Crippen LogP contribution in [0.15, 0.2) is 0 Å². The van der Waals surface area contributed by atoms with E-state index in [1.807, 2.05) is 0 Å². The van der Waals surface area contributed by atoms with Crippen LogP contribution >= 0.6 is 0 Å². The average Bonchev–Trinajstić information content (AvgIpc) is 2.99. The molecule has 3 heteroatoms. The molecule has 0 aromatic carbocycles. The molecule has 1 unspecified atom stereocenters. The van der Waals surface area contributed by atoms with Gasteiger partial charge in [0.1, 0.15) is 0 Å². The van der Waals surface area contributed by atoms with E-state index in [4.69, 9.17) is 5.10 Å². The summed E-state index contributed by atoms with van der Waals surface area (Å²) >= 11 is 0. The van der Waals surface area contributed by atoms with Gasteiger partial charge < -0.3 is 5.32 Å². The third-order valence-corrected chi connectivity index (χ3v) is 4.57. The van der Waals surface area contributed by atoms with Crippen LogP contribution in [0.2, 0.25) is 0 Å². The molecule has 1 aliphatic rings. The Morgan fingerprint density at radius 2 is 1.85 bits per heavy atom. The second-order valence-electron chi connectivity index (χ2n) is 6.90. The molecular formula is C17H31N3. The lowest BCUT2D eigenvalue weighted by atomic mass is 9.99. The second kappa shape index (κ2) is 6.75. The molecule has 1 aromatic rings. The van der Waals surface area contributed by atoms with E-state index in [9.17, 15) is 0 Å². The minimum atomic E-state index is 0.570. The summed E-state index contributed by atoms with van der Waals surface area (Å²) in [6.07, 6.45) is 6.50. The van der Waals surface area contributed by atoms with Gasteiger partial charge >= 0.3 is 0 Å². The highest BCUT2D eigenvalue weighted by Crippen LogP contribution is 2.31. The summed E-state index contributed by atoms with van der Waals surface area (Å²) in [5, 5.41) is 8.38. The highest BCUT2D eigenvalue weighted by Gasteiger charge is 2.22. The average molecular weight is 277 g/mol. The predicted molar refractivity (Wildman–Crippen MR) is 85.2 cm³/mol. The first kappa shape index (κ1) is 15.6. The summed E-state index contributed by atoms with van der Waals surface area (Å²) in [7, 11) is 0. The third kappa shape index (κ3) is 3.63. The molecule has 1 atom stereocenters. The minimum absolute atomic E-state index is 0.570. The van der Waals surface area contributed by atoms with E-state index in [0.29, 0.717) is 18.0 Å². The number of aryl methyl sites for hydroxylation is 1. The molecule has 0 bridgehead atoms. The van der Waals surface area contributed by atoms with Crippen molar-refractivity contribution in [3.63, 3.8) is 0 Å². The number of nitrogens with zero attached hydrogens (tertiary/aromatic N) is 2. The van der Waals surface area contributed by atoms with Crippen molar-refractivity contribution < 1.29 is 0 Å². The lowest BCUT2D eigenvalue weighted by Crippen LogP contribution is -2.28. The van der Waals surface area contributed by atoms with Gasteiger partial charge in [0.05, 0.1) is 11.7 Å². The number of hydrogen-bond acceptors (Lipinski definition) is 2. The summed E-state index contributed by atoms with van der Waals surface area (Å²) in [6.45, 7) is 12.3. The maximum Gasteiger partial charge on any atom is 0.0628 e. The number of rotatable bonds is 6. The van der Waals surface area contributed by atoms with E-state index >= 15 is 0 Å². The summed E-state index contributed by atoms with van der Waals surface area (Å²) in [6, 6.07) is 1.23. The zero-order chi connectivity index (χ0) is 14.7. The summed E-state index contributed by atoms with van der Waals surface area (Å²) in [4.78, 5) is 0. The Morgan fingerprint density at radius 3 is 2.45 bits per heavy atom. The van der Waals surface area contributed by atoms with E-state index in [1.54, 1.807) is 0 Å². The Labute approximate surface area is 124 Å². The molecule has 1 fully saturated rings. The largest absolute Gasteiger partial charge is 0.314 e. The van der Waals surface area contributed by atoms with Crippen LogP contribution in [0.3, 0.4) is 0 Å². The fourth-order valence-corrected chi connectivity index (χ4v) is 3.35. The Balaban J connectivity index is 2.04. The smallest absolute Gasteiger partial charge is 0.0628 e. The van der Waals surface area contributed by atoms with Gasteiger partial charge in [-0.25, -0.2) is 0 Å². The first-order valence-corrected chi connectivity index (χ1v) is 8.27. The Morgan fingerprint density at radius 1 is 1.20 bits per heavy atom. The maximum atomic E-state index is 4.84. The van der Waals surface area contributed by atoms with Crippen molar-refractivity contribution in [2.75, 3.05) is 6.54 Å². The van der Waals surface area contributed by atoms with Crippen LogP contribution in [0.1, 0.15) is 69.4 Å². The van der Waals surface area contributed by atoms with Crippen molar-refractivity contribution in [3.8, 4) is 0 Å². The fraction of sp³-hybridized carbons (Fsp3) is 0.824. The molecule has 1 aliphatic carbocycles. The van der Waals surface area contributed by atoms with Gasteiger partial charge in [-0.2, -0.15) is 5.10 Å².